The van der Waals surface area contributed by atoms with Gasteiger partial charge in [-0.2, -0.15) is 0 Å². The molecule has 0 aliphatic rings. The van der Waals surface area contributed by atoms with Gasteiger partial charge in [0.25, 0.3) is 0 Å². The van der Waals surface area contributed by atoms with Crippen LogP contribution in [0.25, 0.3) is 0 Å². The largest absolute Gasteiger partial charge is 0.321 e. The van der Waals surface area contributed by atoms with E-state index in [1.807, 2.05) is 0 Å². The van der Waals surface area contributed by atoms with Crippen LogP contribution >= 0.6 is 11.6 Å². The molecule has 1 unspecified atom stereocenters. The van der Waals surface area contributed by atoms with Gasteiger partial charge in [0.1, 0.15) is 11.6 Å². The van der Waals surface area contributed by atoms with Gasteiger partial charge in [-0.25, -0.2) is 14.4 Å². The lowest BCUT2D eigenvalue weighted by molar-refractivity contribution is 0.624. The number of aromatic nitrogens is 2. The molecule has 3 nitrogen and oxygen atoms in total. The van der Waals surface area contributed by atoms with Gasteiger partial charge in [0.2, 0.25) is 0 Å². The molecule has 2 aromatic rings. The zero-order valence-corrected chi connectivity index (χ0v) is 9.73. The van der Waals surface area contributed by atoms with Crippen LogP contribution in [0.3, 0.4) is 0 Å². The Kier molecular flexibility index (Phi) is 3.66. The third-order valence-electron chi connectivity index (χ3n) is 2.37. The number of benzene rings is 1. The molecule has 0 aliphatic carbocycles. The highest BCUT2D eigenvalue weighted by atomic mass is 35.5. The molecule has 0 amide bonds. The predicted molar refractivity (Wildman–Crippen MR) is 64.1 cm³/mol. The average Bonchev–Trinajstić information content (AvgIpc) is 2.34. The second-order valence-electron chi connectivity index (χ2n) is 3.65. The summed E-state index contributed by atoms with van der Waals surface area (Å²) in [7, 11) is 0. The van der Waals surface area contributed by atoms with Crippen LogP contribution in [0.1, 0.15) is 17.4 Å². The fourth-order valence-electron chi connectivity index (χ4n) is 1.52. The van der Waals surface area contributed by atoms with Crippen molar-refractivity contribution < 1.29 is 4.39 Å². The Morgan fingerprint density at radius 1 is 1.29 bits per heavy atom. The molecule has 0 aliphatic heterocycles. The van der Waals surface area contributed by atoms with E-state index in [2.05, 4.69) is 9.97 Å². The highest BCUT2D eigenvalue weighted by molar-refractivity contribution is 6.31. The van der Waals surface area contributed by atoms with Gasteiger partial charge < -0.3 is 5.73 Å². The van der Waals surface area contributed by atoms with Gasteiger partial charge in [0, 0.05) is 17.4 Å². The van der Waals surface area contributed by atoms with Gasteiger partial charge in [0.05, 0.1) is 6.04 Å². The van der Waals surface area contributed by atoms with Crippen LogP contribution in [0, 0.1) is 5.82 Å². The summed E-state index contributed by atoms with van der Waals surface area (Å²) in [5.41, 5.74) is 6.74. The Hall–Kier alpha value is -1.52. The molecule has 1 atom stereocenters. The Labute approximate surface area is 103 Å². The summed E-state index contributed by atoms with van der Waals surface area (Å²) in [4.78, 5) is 8.14. The van der Waals surface area contributed by atoms with E-state index in [-0.39, 0.29) is 11.9 Å². The van der Waals surface area contributed by atoms with E-state index in [0.717, 1.165) is 5.56 Å². The first-order valence-corrected chi connectivity index (χ1v) is 5.51. The van der Waals surface area contributed by atoms with E-state index in [9.17, 15) is 4.39 Å². The fourth-order valence-corrected chi connectivity index (χ4v) is 1.76. The maximum atomic E-state index is 12.9. The van der Waals surface area contributed by atoms with Crippen LogP contribution in [-0.2, 0) is 6.42 Å². The Morgan fingerprint density at radius 2 is 2.00 bits per heavy atom. The maximum Gasteiger partial charge on any atom is 0.145 e. The van der Waals surface area contributed by atoms with E-state index in [4.69, 9.17) is 17.3 Å². The SMILES string of the molecule is NC(Cc1ccc(F)cc1Cl)c1ncccn1. The lowest BCUT2D eigenvalue weighted by Crippen LogP contribution is -2.16. The van der Waals surface area contributed by atoms with Gasteiger partial charge in [0.15, 0.2) is 0 Å². The van der Waals surface area contributed by atoms with Crippen molar-refractivity contribution in [1.82, 2.24) is 9.97 Å². The monoisotopic (exact) mass is 251 g/mol. The molecule has 0 radical (unpaired) electrons. The van der Waals surface area contributed by atoms with Gasteiger partial charge in [-0.05, 0) is 30.2 Å². The molecular formula is C12H11ClFN3. The smallest absolute Gasteiger partial charge is 0.145 e. The highest BCUT2D eigenvalue weighted by Gasteiger charge is 2.12. The minimum atomic E-state index is -0.358. The van der Waals surface area contributed by atoms with Gasteiger partial charge in [-0.1, -0.05) is 17.7 Å². The van der Waals surface area contributed by atoms with Crippen molar-refractivity contribution in [1.29, 1.82) is 0 Å². The van der Waals surface area contributed by atoms with Crippen LogP contribution in [0.4, 0.5) is 4.39 Å². The average molecular weight is 252 g/mol. The van der Waals surface area contributed by atoms with Crippen LogP contribution in [0.15, 0.2) is 36.7 Å². The third-order valence-corrected chi connectivity index (χ3v) is 2.72. The molecule has 5 heteroatoms. The Balaban J connectivity index is 2.16. The van der Waals surface area contributed by atoms with Crippen LogP contribution < -0.4 is 5.73 Å². The Morgan fingerprint density at radius 3 is 2.65 bits per heavy atom. The standard InChI is InChI=1S/C12H11ClFN3/c13-10-7-9(14)3-2-8(10)6-11(15)12-16-4-1-5-17-12/h1-5,7,11H,6,15H2. The normalized spacial score (nSPS) is 12.4. The van der Waals surface area contributed by atoms with E-state index in [1.165, 1.54) is 12.1 Å². The van der Waals surface area contributed by atoms with Crippen LogP contribution in [0.2, 0.25) is 5.02 Å². The maximum absolute atomic E-state index is 12.9. The van der Waals surface area contributed by atoms with E-state index in [1.54, 1.807) is 24.5 Å². The molecule has 0 spiro atoms. The molecule has 2 N–H and O–H groups in total. The van der Waals surface area contributed by atoms with E-state index >= 15 is 0 Å². The summed E-state index contributed by atoms with van der Waals surface area (Å²) in [6, 6.07) is 5.63. The predicted octanol–water partition coefficient (Wildman–Crippen LogP) is 2.51. The second kappa shape index (κ2) is 5.21. The molecule has 0 fully saturated rings. The summed E-state index contributed by atoms with van der Waals surface area (Å²) in [6.45, 7) is 0. The topological polar surface area (TPSA) is 51.8 Å². The summed E-state index contributed by atoms with van der Waals surface area (Å²) < 4.78 is 12.9. The zero-order chi connectivity index (χ0) is 12.3. The molecule has 1 aromatic carbocycles. The van der Waals surface area contributed by atoms with Gasteiger partial charge >= 0.3 is 0 Å². The minimum absolute atomic E-state index is 0.348. The van der Waals surface area contributed by atoms with Crippen molar-refractivity contribution in [2.24, 2.45) is 5.73 Å². The molecule has 88 valence electrons. The first-order valence-electron chi connectivity index (χ1n) is 5.13. The van der Waals surface area contributed by atoms with Crippen molar-refractivity contribution in [3.05, 3.63) is 58.9 Å². The molecule has 0 bridgehead atoms. The first-order chi connectivity index (χ1) is 8.16. The summed E-state index contributed by atoms with van der Waals surface area (Å²) in [6.07, 6.45) is 3.74. The Bertz CT molecular complexity index is 504. The fraction of sp³-hybridized carbons (Fsp3) is 0.167. The first kappa shape index (κ1) is 12.0. The summed E-state index contributed by atoms with van der Waals surface area (Å²) >= 11 is 5.92. The number of hydrogen-bond donors (Lipinski definition) is 1. The van der Waals surface area contributed by atoms with Crippen molar-refractivity contribution in [2.75, 3.05) is 0 Å². The molecular weight excluding hydrogens is 241 g/mol. The molecule has 1 heterocycles. The third kappa shape index (κ3) is 2.99. The zero-order valence-electron chi connectivity index (χ0n) is 8.98. The number of rotatable bonds is 3. The second-order valence-corrected chi connectivity index (χ2v) is 4.06. The molecule has 0 saturated heterocycles. The number of nitrogens with two attached hydrogens (primary N) is 1. The summed E-state index contributed by atoms with van der Waals surface area (Å²) in [5.74, 6) is 0.191. The van der Waals surface area contributed by atoms with Crippen molar-refractivity contribution >= 4 is 11.6 Å². The van der Waals surface area contributed by atoms with E-state index in [0.29, 0.717) is 17.3 Å². The molecule has 2 rings (SSSR count). The lowest BCUT2D eigenvalue weighted by atomic mass is 10.1. The quantitative estimate of drug-likeness (QED) is 0.912. The number of halogens is 2. The molecule has 0 saturated carbocycles. The summed E-state index contributed by atoms with van der Waals surface area (Å²) in [5, 5.41) is 0.372. The molecule has 17 heavy (non-hydrogen) atoms. The minimum Gasteiger partial charge on any atom is -0.321 e. The highest BCUT2D eigenvalue weighted by Crippen LogP contribution is 2.21. The number of nitrogens with zero attached hydrogens (tertiary/aromatic N) is 2. The van der Waals surface area contributed by atoms with Crippen LogP contribution in [-0.4, -0.2) is 9.97 Å². The van der Waals surface area contributed by atoms with Crippen molar-refractivity contribution in [2.45, 2.75) is 12.5 Å². The van der Waals surface area contributed by atoms with Crippen molar-refractivity contribution in [3.63, 3.8) is 0 Å². The molecule has 1 aromatic heterocycles. The van der Waals surface area contributed by atoms with Gasteiger partial charge in [-0.3, -0.25) is 0 Å². The lowest BCUT2D eigenvalue weighted by Gasteiger charge is -2.11. The van der Waals surface area contributed by atoms with Crippen LogP contribution in [0.5, 0.6) is 0 Å². The number of hydrogen-bond acceptors (Lipinski definition) is 3. The van der Waals surface area contributed by atoms with Gasteiger partial charge in [-0.15, -0.1) is 0 Å². The van der Waals surface area contributed by atoms with Crippen molar-refractivity contribution in [3.8, 4) is 0 Å². The van der Waals surface area contributed by atoms with E-state index < -0.39 is 0 Å².